The standard InChI is InChI=1S/C28H34FN3O5.ClH/c1-17-3-5-19(6-4-17)15-32-14-12-24(26(32)33)31-13-11-22(23(29)16-31)20-7-9-21(10-8-20)37-28(36)18(2)25(30)27(34)35;/h3-10,18,22-25H,11-16,30H2,1-2H3,(H,34,35);1H/t18-,22+,23-,24-,25+;/m1./s1. The average Bonchev–Trinajstić information content (AvgIpc) is 3.24. The van der Waals surface area contributed by atoms with E-state index >= 15 is 4.39 Å². The van der Waals surface area contributed by atoms with Crippen LogP contribution in [0.4, 0.5) is 4.39 Å². The number of alkyl halides is 1. The number of rotatable bonds is 8. The Kier molecular flexibility index (Phi) is 9.87. The van der Waals surface area contributed by atoms with Crippen molar-refractivity contribution in [3.05, 3.63) is 65.2 Å². The maximum atomic E-state index is 15.3. The molecule has 0 bridgehead atoms. The lowest BCUT2D eigenvalue weighted by Gasteiger charge is -2.37. The average molecular weight is 548 g/mol. The number of carbonyl (C=O) groups is 3. The molecule has 0 aliphatic carbocycles. The molecule has 2 aromatic carbocycles. The second-order valence-corrected chi connectivity index (χ2v) is 10.1. The summed E-state index contributed by atoms with van der Waals surface area (Å²) in [6.45, 7) is 5.49. The smallest absolute Gasteiger partial charge is 0.321 e. The lowest BCUT2D eigenvalue weighted by Crippen LogP contribution is -2.49. The van der Waals surface area contributed by atoms with Crippen molar-refractivity contribution in [2.75, 3.05) is 19.6 Å². The first kappa shape index (κ1) is 29.5. The number of carboxylic acids is 1. The molecule has 206 valence electrons. The van der Waals surface area contributed by atoms with Gasteiger partial charge in [-0.1, -0.05) is 42.0 Å². The first-order chi connectivity index (χ1) is 17.6. The quantitative estimate of drug-likeness (QED) is 0.385. The Bertz CT molecular complexity index is 1130. The van der Waals surface area contributed by atoms with E-state index in [-0.39, 0.29) is 42.6 Å². The Balaban J connectivity index is 0.00000400. The number of aliphatic carboxylic acids is 1. The van der Waals surface area contributed by atoms with Crippen molar-refractivity contribution < 1.29 is 28.6 Å². The molecule has 0 aromatic heterocycles. The molecule has 5 atom stereocenters. The van der Waals surface area contributed by atoms with Crippen LogP contribution in [0.25, 0.3) is 0 Å². The SMILES string of the molecule is Cc1ccc(CN2CC[C@@H](N3CC[C@@H](c4ccc(OC(=O)[C@H](C)[C@H](N)C(=O)O)cc4)[C@H](F)C3)C2=O)cc1.Cl. The molecule has 2 saturated heterocycles. The van der Waals surface area contributed by atoms with E-state index in [1.54, 1.807) is 24.3 Å². The predicted octanol–water partition coefficient (Wildman–Crippen LogP) is 3.30. The van der Waals surface area contributed by atoms with Crippen molar-refractivity contribution in [3.63, 3.8) is 0 Å². The summed E-state index contributed by atoms with van der Waals surface area (Å²) in [5.41, 5.74) is 8.56. The first-order valence-electron chi connectivity index (χ1n) is 12.7. The van der Waals surface area contributed by atoms with Gasteiger partial charge >= 0.3 is 11.9 Å². The van der Waals surface area contributed by atoms with Gasteiger partial charge in [0.2, 0.25) is 5.91 Å². The summed E-state index contributed by atoms with van der Waals surface area (Å²) in [6, 6.07) is 13.1. The van der Waals surface area contributed by atoms with E-state index in [1.165, 1.54) is 12.5 Å². The minimum absolute atomic E-state index is 0. The zero-order valence-corrected chi connectivity index (χ0v) is 22.4. The number of halogens is 2. The summed E-state index contributed by atoms with van der Waals surface area (Å²) >= 11 is 0. The van der Waals surface area contributed by atoms with Gasteiger partial charge < -0.3 is 20.5 Å². The third-order valence-electron chi connectivity index (χ3n) is 7.50. The summed E-state index contributed by atoms with van der Waals surface area (Å²) in [5.74, 6) is -3.04. The second-order valence-electron chi connectivity index (χ2n) is 10.1. The van der Waals surface area contributed by atoms with Gasteiger partial charge in [-0.05, 0) is 56.5 Å². The lowest BCUT2D eigenvalue weighted by atomic mass is 9.87. The van der Waals surface area contributed by atoms with Gasteiger partial charge in [0.25, 0.3) is 0 Å². The maximum Gasteiger partial charge on any atom is 0.321 e. The van der Waals surface area contributed by atoms with Gasteiger partial charge in [0.05, 0.1) is 12.0 Å². The van der Waals surface area contributed by atoms with Crippen molar-refractivity contribution in [1.29, 1.82) is 0 Å². The van der Waals surface area contributed by atoms with Crippen LogP contribution in [0.5, 0.6) is 5.75 Å². The molecular formula is C28H35ClFN3O5. The Morgan fingerprint density at radius 1 is 1.11 bits per heavy atom. The van der Waals surface area contributed by atoms with Crippen LogP contribution in [0.3, 0.4) is 0 Å². The van der Waals surface area contributed by atoms with Gasteiger partial charge in [0.1, 0.15) is 18.0 Å². The fraction of sp³-hybridized carbons (Fsp3) is 0.464. The summed E-state index contributed by atoms with van der Waals surface area (Å²) in [6.07, 6.45) is 0.147. The number of aryl methyl sites for hydroxylation is 1. The van der Waals surface area contributed by atoms with Crippen LogP contribution in [0.15, 0.2) is 48.5 Å². The van der Waals surface area contributed by atoms with E-state index in [9.17, 15) is 14.4 Å². The van der Waals surface area contributed by atoms with Gasteiger partial charge in [-0.3, -0.25) is 19.3 Å². The molecule has 8 nitrogen and oxygen atoms in total. The van der Waals surface area contributed by atoms with Crippen molar-refractivity contribution in [2.24, 2.45) is 11.7 Å². The van der Waals surface area contributed by atoms with Gasteiger partial charge in [0, 0.05) is 25.6 Å². The number of nitrogens with two attached hydrogens (primary N) is 1. The Morgan fingerprint density at radius 3 is 2.37 bits per heavy atom. The van der Waals surface area contributed by atoms with E-state index in [1.807, 2.05) is 41.0 Å². The van der Waals surface area contributed by atoms with E-state index in [2.05, 4.69) is 0 Å². The molecule has 0 spiro atoms. The Morgan fingerprint density at radius 2 is 1.76 bits per heavy atom. The fourth-order valence-corrected chi connectivity index (χ4v) is 5.07. The molecule has 0 saturated carbocycles. The number of ether oxygens (including phenoxy) is 1. The largest absolute Gasteiger partial charge is 0.480 e. The molecule has 2 fully saturated rings. The number of esters is 1. The van der Waals surface area contributed by atoms with Gasteiger partial charge in [-0.25, -0.2) is 4.39 Å². The Hall–Kier alpha value is -3.01. The highest BCUT2D eigenvalue weighted by Crippen LogP contribution is 2.34. The third kappa shape index (κ3) is 6.70. The van der Waals surface area contributed by atoms with E-state index in [0.717, 1.165) is 11.1 Å². The molecule has 0 unspecified atom stereocenters. The minimum atomic E-state index is -1.36. The van der Waals surface area contributed by atoms with Crippen LogP contribution < -0.4 is 10.5 Å². The minimum Gasteiger partial charge on any atom is -0.480 e. The molecule has 2 aliphatic rings. The van der Waals surface area contributed by atoms with Crippen molar-refractivity contribution in [1.82, 2.24) is 9.80 Å². The number of hydrogen-bond donors (Lipinski definition) is 2. The van der Waals surface area contributed by atoms with E-state index < -0.39 is 30.1 Å². The molecule has 0 radical (unpaired) electrons. The highest BCUT2D eigenvalue weighted by Gasteiger charge is 2.40. The summed E-state index contributed by atoms with van der Waals surface area (Å²) in [7, 11) is 0. The normalized spacial score (nSPS) is 23.4. The number of carbonyl (C=O) groups excluding carboxylic acids is 2. The monoisotopic (exact) mass is 547 g/mol. The number of benzene rings is 2. The van der Waals surface area contributed by atoms with Crippen LogP contribution in [0, 0.1) is 12.8 Å². The number of nitrogens with zero attached hydrogens (tertiary/aromatic N) is 2. The van der Waals surface area contributed by atoms with Crippen LogP contribution in [-0.4, -0.2) is 70.6 Å². The molecule has 1 amide bonds. The van der Waals surface area contributed by atoms with Crippen LogP contribution in [0.2, 0.25) is 0 Å². The summed E-state index contributed by atoms with van der Waals surface area (Å²) in [5, 5.41) is 8.96. The van der Waals surface area contributed by atoms with E-state index in [0.29, 0.717) is 32.5 Å². The summed E-state index contributed by atoms with van der Waals surface area (Å²) in [4.78, 5) is 40.0. The molecule has 38 heavy (non-hydrogen) atoms. The highest BCUT2D eigenvalue weighted by molar-refractivity contribution is 5.85. The summed E-state index contributed by atoms with van der Waals surface area (Å²) < 4.78 is 20.6. The predicted molar refractivity (Wildman–Crippen MR) is 143 cm³/mol. The zero-order valence-electron chi connectivity index (χ0n) is 21.6. The third-order valence-corrected chi connectivity index (χ3v) is 7.50. The van der Waals surface area contributed by atoms with Gasteiger partial charge in [-0.2, -0.15) is 0 Å². The van der Waals surface area contributed by atoms with Gasteiger partial charge in [0.15, 0.2) is 0 Å². The second kappa shape index (κ2) is 12.7. The number of carboxylic acid groups (broad SMARTS) is 1. The lowest BCUT2D eigenvalue weighted by molar-refractivity contribution is -0.147. The number of likely N-dealkylation sites (tertiary alicyclic amines) is 2. The van der Waals surface area contributed by atoms with Crippen LogP contribution in [-0.2, 0) is 20.9 Å². The highest BCUT2D eigenvalue weighted by atomic mass is 35.5. The first-order valence-corrected chi connectivity index (χ1v) is 12.7. The maximum absolute atomic E-state index is 15.3. The molecular weight excluding hydrogens is 513 g/mol. The number of amides is 1. The molecule has 10 heteroatoms. The van der Waals surface area contributed by atoms with Gasteiger partial charge in [-0.15, -0.1) is 12.4 Å². The molecule has 4 rings (SSSR count). The van der Waals surface area contributed by atoms with Crippen LogP contribution >= 0.6 is 12.4 Å². The van der Waals surface area contributed by atoms with Crippen molar-refractivity contribution in [2.45, 2.75) is 57.4 Å². The molecule has 3 N–H and O–H groups in total. The number of piperidine rings is 1. The Labute approximate surface area is 228 Å². The van der Waals surface area contributed by atoms with E-state index in [4.69, 9.17) is 15.6 Å². The molecule has 2 heterocycles. The number of hydrogen-bond acceptors (Lipinski definition) is 6. The van der Waals surface area contributed by atoms with Crippen molar-refractivity contribution in [3.8, 4) is 5.75 Å². The molecule has 2 aliphatic heterocycles. The van der Waals surface area contributed by atoms with Crippen molar-refractivity contribution >= 4 is 30.3 Å². The topological polar surface area (TPSA) is 113 Å². The molecule has 2 aromatic rings. The zero-order chi connectivity index (χ0) is 26.7. The fourth-order valence-electron chi connectivity index (χ4n) is 5.07. The van der Waals surface area contributed by atoms with Crippen LogP contribution in [0.1, 0.15) is 42.4 Å².